The number of halogens is 1. The third kappa shape index (κ3) is 3.38. The van der Waals surface area contributed by atoms with Gasteiger partial charge in [-0.25, -0.2) is 0 Å². The van der Waals surface area contributed by atoms with Gasteiger partial charge in [0.05, 0.1) is 12.8 Å². The molecule has 0 aliphatic rings. The summed E-state index contributed by atoms with van der Waals surface area (Å²) < 4.78 is 5.30. The number of amides is 1. The van der Waals surface area contributed by atoms with Gasteiger partial charge in [-0.3, -0.25) is 4.79 Å². The molecule has 19 heavy (non-hydrogen) atoms. The minimum absolute atomic E-state index is 0.0479. The zero-order chi connectivity index (χ0) is 13.8. The van der Waals surface area contributed by atoms with Gasteiger partial charge >= 0.3 is 0 Å². The van der Waals surface area contributed by atoms with E-state index in [0.29, 0.717) is 6.54 Å². The van der Waals surface area contributed by atoms with Gasteiger partial charge in [0.15, 0.2) is 0 Å². The van der Waals surface area contributed by atoms with Crippen molar-refractivity contribution in [2.24, 2.45) is 0 Å². The number of rotatable bonds is 4. The predicted molar refractivity (Wildman–Crippen MR) is 76.5 cm³/mol. The highest BCUT2D eigenvalue weighted by atomic mass is 35.5. The normalized spacial score (nSPS) is 10.5. The Morgan fingerprint density at radius 2 is 1.95 bits per heavy atom. The molecule has 4 heteroatoms. The van der Waals surface area contributed by atoms with Gasteiger partial charge in [-0.15, -0.1) is 11.6 Å². The van der Waals surface area contributed by atoms with Crippen LogP contribution >= 0.6 is 11.6 Å². The van der Waals surface area contributed by atoms with Crippen molar-refractivity contribution in [1.82, 2.24) is 0 Å². The molecule has 0 aliphatic carbocycles. The third-order valence-electron chi connectivity index (χ3n) is 2.83. The number of hydrogen-bond donors (Lipinski definition) is 0. The number of furan rings is 1. The summed E-state index contributed by atoms with van der Waals surface area (Å²) in [4.78, 5) is 13.7. The molecule has 0 N–H and O–H groups in total. The fourth-order valence-corrected chi connectivity index (χ4v) is 2.20. The van der Waals surface area contributed by atoms with Crippen LogP contribution in [-0.4, -0.2) is 11.8 Å². The van der Waals surface area contributed by atoms with Crippen molar-refractivity contribution >= 4 is 23.2 Å². The smallest absolute Gasteiger partial charge is 0.242 e. The van der Waals surface area contributed by atoms with E-state index in [1.807, 2.05) is 32.0 Å². The molecular formula is C15H16ClNO2. The van der Waals surface area contributed by atoms with Crippen LogP contribution in [0.4, 0.5) is 5.69 Å². The maximum Gasteiger partial charge on any atom is 0.242 e. The van der Waals surface area contributed by atoms with E-state index in [2.05, 4.69) is 6.07 Å². The second-order valence-corrected chi connectivity index (χ2v) is 4.81. The summed E-state index contributed by atoms with van der Waals surface area (Å²) in [5, 5.41) is 0. The Labute approximate surface area is 117 Å². The van der Waals surface area contributed by atoms with E-state index in [-0.39, 0.29) is 11.8 Å². The first kappa shape index (κ1) is 13.7. The molecule has 2 rings (SSSR count). The van der Waals surface area contributed by atoms with Crippen LogP contribution in [0.15, 0.2) is 41.0 Å². The highest BCUT2D eigenvalue weighted by Crippen LogP contribution is 2.21. The zero-order valence-corrected chi connectivity index (χ0v) is 11.8. The van der Waals surface area contributed by atoms with Gasteiger partial charge in [0, 0.05) is 5.69 Å². The Balaban J connectivity index is 2.34. The van der Waals surface area contributed by atoms with Crippen molar-refractivity contribution < 1.29 is 9.21 Å². The second kappa shape index (κ2) is 5.93. The molecule has 0 aliphatic heterocycles. The van der Waals surface area contributed by atoms with Crippen LogP contribution in [0.3, 0.4) is 0 Å². The molecule has 1 aromatic heterocycles. The third-order valence-corrected chi connectivity index (χ3v) is 3.06. The maximum atomic E-state index is 12.0. The average molecular weight is 278 g/mol. The number of alkyl halides is 1. The summed E-state index contributed by atoms with van der Waals surface area (Å²) in [6.45, 7) is 4.40. The Morgan fingerprint density at radius 3 is 2.47 bits per heavy atom. The van der Waals surface area contributed by atoms with E-state index in [1.54, 1.807) is 17.2 Å². The number of aryl methyl sites for hydroxylation is 2. The van der Waals surface area contributed by atoms with E-state index in [4.69, 9.17) is 16.0 Å². The number of carbonyl (C=O) groups is 1. The van der Waals surface area contributed by atoms with Crippen molar-refractivity contribution in [3.05, 3.63) is 53.5 Å². The lowest BCUT2D eigenvalue weighted by atomic mass is 10.1. The largest absolute Gasteiger partial charge is 0.467 e. The Kier molecular flexibility index (Phi) is 4.27. The number of nitrogens with zero attached hydrogens (tertiary/aromatic N) is 1. The van der Waals surface area contributed by atoms with E-state index >= 15 is 0 Å². The molecule has 0 radical (unpaired) electrons. The summed E-state index contributed by atoms with van der Waals surface area (Å²) in [5.41, 5.74) is 3.07. The number of benzene rings is 1. The van der Waals surface area contributed by atoms with Crippen molar-refractivity contribution in [3.8, 4) is 0 Å². The van der Waals surface area contributed by atoms with Crippen LogP contribution in [0.25, 0.3) is 0 Å². The summed E-state index contributed by atoms with van der Waals surface area (Å²) >= 11 is 5.69. The highest BCUT2D eigenvalue weighted by Gasteiger charge is 2.17. The lowest BCUT2D eigenvalue weighted by molar-refractivity contribution is -0.116. The Morgan fingerprint density at radius 1 is 1.26 bits per heavy atom. The molecule has 0 fully saturated rings. The summed E-state index contributed by atoms with van der Waals surface area (Å²) in [7, 11) is 0. The molecule has 0 bridgehead atoms. The minimum atomic E-state index is -0.136. The van der Waals surface area contributed by atoms with Gasteiger partial charge in [0.25, 0.3) is 0 Å². The molecule has 1 heterocycles. The maximum absolute atomic E-state index is 12.0. The highest BCUT2D eigenvalue weighted by molar-refractivity contribution is 6.29. The van der Waals surface area contributed by atoms with E-state index in [1.165, 1.54) is 0 Å². The number of carbonyl (C=O) groups excluding carboxylic acids is 1. The van der Waals surface area contributed by atoms with Gasteiger partial charge in [0.2, 0.25) is 5.91 Å². The molecule has 1 amide bonds. The minimum Gasteiger partial charge on any atom is -0.467 e. The van der Waals surface area contributed by atoms with Crippen LogP contribution in [0, 0.1) is 13.8 Å². The van der Waals surface area contributed by atoms with Gasteiger partial charge in [-0.05, 0) is 49.2 Å². The first-order valence-corrected chi connectivity index (χ1v) is 6.60. The molecule has 0 spiro atoms. The first-order chi connectivity index (χ1) is 9.10. The quantitative estimate of drug-likeness (QED) is 0.799. The molecule has 2 aromatic rings. The fourth-order valence-electron chi connectivity index (χ4n) is 2.06. The van der Waals surface area contributed by atoms with Crippen molar-refractivity contribution in [2.75, 3.05) is 10.8 Å². The van der Waals surface area contributed by atoms with Crippen molar-refractivity contribution in [2.45, 2.75) is 20.4 Å². The van der Waals surface area contributed by atoms with Crippen LogP contribution < -0.4 is 4.90 Å². The van der Waals surface area contributed by atoms with Crippen molar-refractivity contribution in [3.63, 3.8) is 0 Å². The van der Waals surface area contributed by atoms with E-state index < -0.39 is 0 Å². The topological polar surface area (TPSA) is 33.5 Å². The van der Waals surface area contributed by atoms with Gasteiger partial charge < -0.3 is 9.32 Å². The van der Waals surface area contributed by atoms with E-state index in [9.17, 15) is 4.79 Å². The van der Waals surface area contributed by atoms with E-state index in [0.717, 1.165) is 22.6 Å². The molecule has 1 aromatic carbocycles. The summed E-state index contributed by atoms with van der Waals surface area (Å²) in [6.07, 6.45) is 1.60. The Bertz CT molecular complexity index is 543. The fraction of sp³-hybridized carbons (Fsp3) is 0.267. The molecule has 0 atom stereocenters. The number of hydrogen-bond acceptors (Lipinski definition) is 2. The first-order valence-electron chi connectivity index (χ1n) is 6.07. The predicted octanol–water partition coefficient (Wildman–Crippen LogP) is 3.67. The standard InChI is InChI=1S/C15H16ClNO2/c1-11-6-12(2)8-13(7-11)17(15(18)9-16)10-14-4-3-5-19-14/h3-8H,9-10H2,1-2H3. The molecular weight excluding hydrogens is 262 g/mol. The van der Waals surface area contributed by atoms with Gasteiger partial charge in [-0.1, -0.05) is 6.07 Å². The van der Waals surface area contributed by atoms with Crippen LogP contribution in [0.5, 0.6) is 0 Å². The van der Waals surface area contributed by atoms with Crippen molar-refractivity contribution in [1.29, 1.82) is 0 Å². The van der Waals surface area contributed by atoms with Gasteiger partial charge in [0.1, 0.15) is 11.6 Å². The Hall–Kier alpha value is -1.74. The van der Waals surface area contributed by atoms with Gasteiger partial charge in [-0.2, -0.15) is 0 Å². The molecule has 0 saturated heterocycles. The molecule has 100 valence electrons. The van der Waals surface area contributed by atoms with Crippen LogP contribution in [0.1, 0.15) is 16.9 Å². The zero-order valence-electron chi connectivity index (χ0n) is 11.0. The monoisotopic (exact) mass is 277 g/mol. The van der Waals surface area contributed by atoms with Crippen LogP contribution in [-0.2, 0) is 11.3 Å². The summed E-state index contributed by atoms with van der Waals surface area (Å²) in [6, 6.07) is 9.66. The molecule has 0 saturated carbocycles. The SMILES string of the molecule is Cc1cc(C)cc(N(Cc2ccco2)C(=O)CCl)c1. The lowest BCUT2D eigenvalue weighted by Gasteiger charge is -2.22. The average Bonchev–Trinajstić information content (AvgIpc) is 2.86. The number of anilines is 1. The summed E-state index contributed by atoms with van der Waals surface area (Å²) in [5.74, 6) is 0.550. The molecule has 0 unspecified atom stereocenters. The second-order valence-electron chi connectivity index (χ2n) is 4.54. The molecule has 3 nitrogen and oxygen atoms in total. The lowest BCUT2D eigenvalue weighted by Crippen LogP contribution is -2.31. The van der Waals surface area contributed by atoms with Crippen LogP contribution in [0.2, 0.25) is 0 Å².